The van der Waals surface area contributed by atoms with E-state index < -0.39 is 0 Å². The molecule has 0 fully saturated rings. The average Bonchev–Trinajstić information content (AvgIpc) is 2.49. The van der Waals surface area contributed by atoms with E-state index in [9.17, 15) is 10.2 Å². The van der Waals surface area contributed by atoms with E-state index in [2.05, 4.69) is 20.8 Å². The number of aliphatic hydroxyl groups excluding tert-OH is 2. The van der Waals surface area contributed by atoms with Crippen LogP contribution in [0, 0.1) is 11.3 Å². The van der Waals surface area contributed by atoms with Gasteiger partial charge in [0.05, 0.1) is 13.2 Å². The summed E-state index contributed by atoms with van der Waals surface area (Å²) in [4.78, 5) is 0. The third-order valence-electron chi connectivity index (χ3n) is 4.75. The van der Waals surface area contributed by atoms with Crippen LogP contribution in [0.5, 0.6) is 0 Å². The van der Waals surface area contributed by atoms with Crippen LogP contribution >= 0.6 is 0 Å². The van der Waals surface area contributed by atoms with Gasteiger partial charge in [0.1, 0.15) is 0 Å². The SMILES string of the molecule is CCCCCCCC(CO)(CO)CC(CC)CCCC. The summed E-state index contributed by atoms with van der Waals surface area (Å²) in [5.41, 5.74) is -0.235. The molecular formula is C18H38O2. The smallest absolute Gasteiger partial charge is 0.0509 e. The zero-order valence-electron chi connectivity index (χ0n) is 14.2. The lowest BCUT2D eigenvalue weighted by atomic mass is 9.74. The van der Waals surface area contributed by atoms with Crippen LogP contribution in [0.25, 0.3) is 0 Å². The quantitative estimate of drug-likeness (QED) is 0.445. The van der Waals surface area contributed by atoms with E-state index in [-0.39, 0.29) is 18.6 Å². The highest BCUT2D eigenvalue weighted by Crippen LogP contribution is 2.35. The first-order chi connectivity index (χ1) is 9.67. The van der Waals surface area contributed by atoms with Gasteiger partial charge in [-0.05, 0) is 18.8 Å². The molecule has 1 atom stereocenters. The van der Waals surface area contributed by atoms with Crippen molar-refractivity contribution in [3.63, 3.8) is 0 Å². The van der Waals surface area contributed by atoms with Crippen molar-refractivity contribution in [1.29, 1.82) is 0 Å². The van der Waals surface area contributed by atoms with Crippen LogP contribution < -0.4 is 0 Å². The molecule has 0 spiro atoms. The molecule has 0 heterocycles. The summed E-state index contributed by atoms with van der Waals surface area (Å²) in [5, 5.41) is 19.6. The molecule has 0 saturated carbocycles. The molecule has 1 unspecified atom stereocenters. The van der Waals surface area contributed by atoms with Gasteiger partial charge in [0.15, 0.2) is 0 Å². The fraction of sp³-hybridized carbons (Fsp3) is 1.00. The monoisotopic (exact) mass is 286 g/mol. The predicted octanol–water partition coefficient (Wildman–Crippen LogP) is 4.92. The number of aliphatic hydroxyl groups is 2. The summed E-state index contributed by atoms with van der Waals surface area (Å²) in [6.45, 7) is 6.97. The van der Waals surface area contributed by atoms with Gasteiger partial charge in [-0.1, -0.05) is 78.6 Å². The molecule has 0 aliphatic rings. The Balaban J connectivity index is 4.26. The van der Waals surface area contributed by atoms with E-state index in [0.717, 1.165) is 25.7 Å². The zero-order valence-corrected chi connectivity index (χ0v) is 14.2. The highest BCUT2D eigenvalue weighted by Gasteiger charge is 2.30. The molecule has 2 N–H and O–H groups in total. The number of hydrogen-bond acceptors (Lipinski definition) is 2. The van der Waals surface area contributed by atoms with Crippen LogP contribution in [0.3, 0.4) is 0 Å². The maximum absolute atomic E-state index is 9.79. The molecule has 0 saturated heterocycles. The molecule has 0 bridgehead atoms. The second-order valence-corrected chi connectivity index (χ2v) is 6.60. The Hall–Kier alpha value is -0.0800. The number of unbranched alkanes of at least 4 members (excludes halogenated alkanes) is 5. The normalized spacial score (nSPS) is 13.7. The molecular weight excluding hydrogens is 248 g/mol. The van der Waals surface area contributed by atoms with Gasteiger partial charge in [0.2, 0.25) is 0 Å². The first-order valence-corrected chi connectivity index (χ1v) is 8.89. The van der Waals surface area contributed by atoms with E-state index in [1.807, 2.05) is 0 Å². The third kappa shape index (κ3) is 8.26. The van der Waals surface area contributed by atoms with E-state index in [1.165, 1.54) is 44.9 Å². The molecule has 20 heavy (non-hydrogen) atoms. The Labute approximate surface area is 127 Å². The summed E-state index contributed by atoms with van der Waals surface area (Å²) >= 11 is 0. The van der Waals surface area contributed by atoms with E-state index in [4.69, 9.17) is 0 Å². The van der Waals surface area contributed by atoms with Crippen LogP contribution in [0.1, 0.15) is 91.4 Å². The van der Waals surface area contributed by atoms with Crippen molar-refractivity contribution in [2.24, 2.45) is 11.3 Å². The van der Waals surface area contributed by atoms with Crippen LogP contribution in [-0.4, -0.2) is 23.4 Å². The summed E-state index contributed by atoms with van der Waals surface area (Å²) in [7, 11) is 0. The summed E-state index contributed by atoms with van der Waals surface area (Å²) in [6, 6.07) is 0. The molecule has 0 aliphatic heterocycles. The van der Waals surface area contributed by atoms with Crippen LogP contribution in [0.15, 0.2) is 0 Å². The van der Waals surface area contributed by atoms with Gasteiger partial charge in [-0.3, -0.25) is 0 Å². The summed E-state index contributed by atoms with van der Waals surface area (Å²) in [5.74, 6) is 0.657. The van der Waals surface area contributed by atoms with Crippen molar-refractivity contribution in [3.8, 4) is 0 Å². The van der Waals surface area contributed by atoms with Crippen LogP contribution in [-0.2, 0) is 0 Å². The molecule has 2 nitrogen and oxygen atoms in total. The molecule has 0 aromatic carbocycles. The van der Waals surface area contributed by atoms with Crippen molar-refractivity contribution in [2.45, 2.75) is 91.4 Å². The average molecular weight is 287 g/mol. The second-order valence-electron chi connectivity index (χ2n) is 6.60. The molecule has 0 aromatic rings. The largest absolute Gasteiger partial charge is 0.396 e. The maximum Gasteiger partial charge on any atom is 0.0509 e. The van der Waals surface area contributed by atoms with Gasteiger partial charge in [-0.25, -0.2) is 0 Å². The lowest BCUT2D eigenvalue weighted by molar-refractivity contribution is 0.0218. The van der Waals surface area contributed by atoms with Crippen molar-refractivity contribution >= 4 is 0 Å². The summed E-state index contributed by atoms with van der Waals surface area (Å²) < 4.78 is 0. The van der Waals surface area contributed by atoms with Crippen molar-refractivity contribution < 1.29 is 10.2 Å². The molecule has 0 rings (SSSR count). The molecule has 2 heteroatoms. The molecule has 0 amide bonds. The van der Waals surface area contributed by atoms with Crippen molar-refractivity contribution in [2.75, 3.05) is 13.2 Å². The molecule has 0 aliphatic carbocycles. The minimum atomic E-state index is -0.235. The Morgan fingerprint density at radius 3 is 1.90 bits per heavy atom. The Kier molecular flexibility index (Phi) is 12.6. The zero-order chi connectivity index (χ0) is 15.3. The van der Waals surface area contributed by atoms with Gasteiger partial charge >= 0.3 is 0 Å². The minimum absolute atomic E-state index is 0.139. The molecule has 0 aromatic heterocycles. The van der Waals surface area contributed by atoms with Crippen molar-refractivity contribution in [1.82, 2.24) is 0 Å². The van der Waals surface area contributed by atoms with Gasteiger partial charge < -0.3 is 10.2 Å². The van der Waals surface area contributed by atoms with Gasteiger partial charge in [0.25, 0.3) is 0 Å². The van der Waals surface area contributed by atoms with E-state index in [0.29, 0.717) is 5.92 Å². The third-order valence-corrected chi connectivity index (χ3v) is 4.75. The van der Waals surface area contributed by atoms with Gasteiger partial charge in [0, 0.05) is 5.41 Å². The lowest BCUT2D eigenvalue weighted by Crippen LogP contribution is -2.32. The van der Waals surface area contributed by atoms with E-state index >= 15 is 0 Å². The molecule has 122 valence electrons. The second kappa shape index (κ2) is 12.6. The number of rotatable bonds is 14. The van der Waals surface area contributed by atoms with Gasteiger partial charge in [-0.2, -0.15) is 0 Å². The maximum atomic E-state index is 9.79. The highest BCUT2D eigenvalue weighted by molar-refractivity contribution is 4.81. The Morgan fingerprint density at radius 1 is 0.800 bits per heavy atom. The Morgan fingerprint density at radius 2 is 1.40 bits per heavy atom. The van der Waals surface area contributed by atoms with Crippen molar-refractivity contribution in [3.05, 3.63) is 0 Å². The Bertz CT molecular complexity index is 200. The predicted molar refractivity (Wildman–Crippen MR) is 87.9 cm³/mol. The lowest BCUT2D eigenvalue weighted by Gasteiger charge is -2.33. The fourth-order valence-electron chi connectivity index (χ4n) is 3.10. The first kappa shape index (κ1) is 19.9. The fourth-order valence-corrected chi connectivity index (χ4v) is 3.10. The standard InChI is InChI=1S/C18H38O2/c1-4-7-9-10-11-13-18(15-19,16-20)14-17(6-3)12-8-5-2/h17,19-20H,4-16H2,1-3H3. The van der Waals surface area contributed by atoms with Crippen LogP contribution in [0.2, 0.25) is 0 Å². The van der Waals surface area contributed by atoms with Gasteiger partial charge in [-0.15, -0.1) is 0 Å². The van der Waals surface area contributed by atoms with E-state index in [1.54, 1.807) is 0 Å². The molecule has 0 radical (unpaired) electrons. The summed E-state index contributed by atoms with van der Waals surface area (Å²) in [6.07, 6.45) is 13.1. The first-order valence-electron chi connectivity index (χ1n) is 8.89. The number of hydrogen-bond donors (Lipinski definition) is 2. The highest BCUT2D eigenvalue weighted by atomic mass is 16.3. The topological polar surface area (TPSA) is 40.5 Å². The van der Waals surface area contributed by atoms with Crippen LogP contribution in [0.4, 0.5) is 0 Å². The minimum Gasteiger partial charge on any atom is -0.396 e.